The molecule has 0 aliphatic heterocycles. The molecule has 0 saturated heterocycles. The summed E-state index contributed by atoms with van der Waals surface area (Å²) in [6, 6.07) is 0. The minimum Gasteiger partial charge on any atom is -0.462 e. The average molecular weight is 1350 g/mol. The van der Waals surface area contributed by atoms with E-state index in [0.29, 0.717) is 25.7 Å². The summed E-state index contributed by atoms with van der Waals surface area (Å²) in [5.41, 5.74) is 0. The molecular formula is C73H142O17P2. The van der Waals surface area contributed by atoms with Gasteiger partial charge in [-0.15, -0.1) is 0 Å². The van der Waals surface area contributed by atoms with Crippen LogP contribution < -0.4 is 0 Å². The zero-order chi connectivity index (χ0) is 67.9. The standard InChI is InChI=1S/C73H142O17P2/c1-7-9-11-13-15-17-19-20-25-33-39-45-51-57-72(77)89-68(61-83-70(75)55-49-43-37-31-23-18-16-14-12-10-8-2)63-87-91(79,80)85-59-67(74)60-86-92(81,82)88-64-69(62-84-71(76)56-50-44-38-32-28-27-30-36-42-48-54-66(5)6)90-73(78)58-52-46-40-34-26-22-21-24-29-35-41-47-53-65(3)4/h65-69,74H,7-64H2,1-6H3,(H,79,80)(H,81,82)/t67-,68+,69+/m0/s1. The van der Waals surface area contributed by atoms with Crippen molar-refractivity contribution in [2.45, 2.75) is 394 Å². The van der Waals surface area contributed by atoms with Crippen molar-refractivity contribution >= 4 is 39.5 Å². The molecule has 2 unspecified atom stereocenters. The topological polar surface area (TPSA) is 237 Å². The Hall–Kier alpha value is -1.94. The molecule has 3 N–H and O–H groups in total. The summed E-state index contributed by atoms with van der Waals surface area (Å²) in [7, 11) is -9.91. The van der Waals surface area contributed by atoms with Crippen LogP contribution >= 0.6 is 15.6 Å². The average Bonchev–Trinajstić information content (AvgIpc) is 1.59. The Morgan fingerprint density at radius 2 is 0.500 bits per heavy atom. The van der Waals surface area contributed by atoms with E-state index in [0.717, 1.165) is 102 Å². The SMILES string of the molecule is CCCCCCCCCCCCCCCC(=O)O[C@H](COC(=O)CCCCCCCCCCCCC)COP(=O)(O)OC[C@H](O)COP(=O)(O)OC[C@@H](COC(=O)CCCCCCCCCCCCC(C)C)OC(=O)CCCCCCCCCCCCCCC(C)C. The first-order valence-corrected chi connectivity index (χ1v) is 41.0. The largest absolute Gasteiger partial charge is 0.472 e. The molecule has 0 amide bonds. The number of carbonyl (C=O) groups excluding carboxylic acids is 4. The number of phosphoric acid groups is 2. The van der Waals surface area contributed by atoms with Gasteiger partial charge in [0, 0.05) is 25.7 Å². The minimum absolute atomic E-state index is 0.107. The number of carbonyl (C=O) groups is 4. The first kappa shape index (κ1) is 90.1. The maximum Gasteiger partial charge on any atom is 0.472 e. The Morgan fingerprint density at radius 3 is 0.739 bits per heavy atom. The molecule has 19 heteroatoms. The van der Waals surface area contributed by atoms with Crippen LogP contribution in [0.4, 0.5) is 0 Å². The molecule has 0 rings (SSSR count). The second-order valence-electron chi connectivity index (χ2n) is 27.3. The summed E-state index contributed by atoms with van der Waals surface area (Å²) in [6.07, 6.45) is 51.1. The summed E-state index contributed by atoms with van der Waals surface area (Å²) in [6.45, 7) is 9.58. The molecule has 0 aliphatic carbocycles. The van der Waals surface area contributed by atoms with Gasteiger partial charge in [0.25, 0.3) is 0 Å². The third-order valence-electron chi connectivity index (χ3n) is 17.0. The Bertz CT molecular complexity index is 1790. The monoisotopic (exact) mass is 1350 g/mol. The van der Waals surface area contributed by atoms with Crippen LogP contribution in [0.1, 0.15) is 375 Å². The van der Waals surface area contributed by atoms with Crippen molar-refractivity contribution in [2.75, 3.05) is 39.6 Å². The molecule has 92 heavy (non-hydrogen) atoms. The van der Waals surface area contributed by atoms with Crippen LogP contribution in [0.2, 0.25) is 0 Å². The molecule has 0 saturated carbocycles. The molecule has 0 heterocycles. The highest BCUT2D eigenvalue weighted by atomic mass is 31.2. The van der Waals surface area contributed by atoms with E-state index in [9.17, 15) is 43.2 Å². The Morgan fingerprint density at radius 1 is 0.293 bits per heavy atom. The molecule has 0 radical (unpaired) electrons. The van der Waals surface area contributed by atoms with Crippen molar-refractivity contribution in [1.29, 1.82) is 0 Å². The number of phosphoric ester groups is 2. The van der Waals surface area contributed by atoms with E-state index in [-0.39, 0.29) is 25.7 Å². The third kappa shape index (κ3) is 66.7. The maximum atomic E-state index is 13.1. The van der Waals surface area contributed by atoms with Crippen LogP contribution in [-0.4, -0.2) is 96.7 Å². The predicted molar refractivity (Wildman–Crippen MR) is 372 cm³/mol. The lowest BCUT2D eigenvalue weighted by Gasteiger charge is -2.21. The fourth-order valence-corrected chi connectivity index (χ4v) is 12.7. The lowest BCUT2D eigenvalue weighted by atomic mass is 10.0. The number of rotatable bonds is 72. The number of aliphatic hydroxyl groups is 1. The second kappa shape index (κ2) is 65.0. The van der Waals surface area contributed by atoms with E-state index in [1.54, 1.807) is 0 Å². The number of esters is 4. The van der Waals surface area contributed by atoms with Gasteiger partial charge in [-0.1, -0.05) is 324 Å². The van der Waals surface area contributed by atoms with Gasteiger partial charge in [-0.3, -0.25) is 37.3 Å². The Labute approximate surface area is 562 Å². The van der Waals surface area contributed by atoms with Crippen molar-refractivity contribution in [3.8, 4) is 0 Å². The Kier molecular flexibility index (Phi) is 63.7. The van der Waals surface area contributed by atoms with Gasteiger partial charge in [0.1, 0.15) is 19.3 Å². The van der Waals surface area contributed by atoms with E-state index in [4.69, 9.17) is 37.0 Å². The maximum absolute atomic E-state index is 13.1. The van der Waals surface area contributed by atoms with Crippen LogP contribution in [-0.2, 0) is 65.4 Å². The lowest BCUT2D eigenvalue weighted by molar-refractivity contribution is -0.161. The van der Waals surface area contributed by atoms with E-state index < -0.39 is 97.5 Å². The smallest absolute Gasteiger partial charge is 0.462 e. The highest BCUT2D eigenvalue weighted by Gasteiger charge is 2.30. The zero-order valence-corrected chi connectivity index (χ0v) is 61.6. The summed E-state index contributed by atoms with van der Waals surface area (Å²) in [5.74, 6) is -0.582. The van der Waals surface area contributed by atoms with E-state index >= 15 is 0 Å². The number of hydrogen-bond acceptors (Lipinski definition) is 15. The molecule has 0 bridgehead atoms. The highest BCUT2D eigenvalue weighted by Crippen LogP contribution is 2.45. The van der Waals surface area contributed by atoms with E-state index in [1.165, 1.54) is 193 Å². The van der Waals surface area contributed by atoms with Crippen LogP contribution in [0, 0.1) is 11.8 Å². The van der Waals surface area contributed by atoms with Gasteiger partial charge >= 0.3 is 39.5 Å². The molecule has 5 atom stereocenters. The van der Waals surface area contributed by atoms with Crippen LogP contribution in [0.5, 0.6) is 0 Å². The first-order valence-electron chi connectivity index (χ1n) is 38.0. The fraction of sp³-hybridized carbons (Fsp3) is 0.945. The van der Waals surface area contributed by atoms with Gasteiger partial charge in [-0.2, -0.15) is 0 Å². The van der Waals surface area contributed by atoms with E-state index in [2.05, 4.69) is 41.5 Å². The normalized spacial score (nSPS) is 14.1. The molecule has 0 aromatic heterocycles. The van der Waals surface area contributed by atoms with E-state index in [1.807, 2.05) is 0 Å². The number of hydrogen-bond donors (Lipinski definition) is 3. The van der Waals surface area contributed by atoms with Gasteiger partial charge in [0.2, 0.25) is 0 Å². The van der Waals surface area contributed by atoms with Crippen molar-refractivity contribution in [3.63, 3.8) is 0 Å². The highest BCUT2D eigenvalue weighted by molar-refractivity contribution is 7.47. The van der Waals surface area contributed by atoms with Crippen molar-refractivity contribution in [3.05, 3.63) is 0 Å². The van der Waals surface area contributed by atoms with Gasteiger partial charge < -0.3 is 33.8 Å². The zero-order valence-electron chi connectivity index (χ0n) is 59.9. The van der Waals surface area contributed by atoms with Crippen molar-refractivity contribution < 1.29 is 80.2 Å². The molecule has 546 valence electrons. The number of aliphatic hydroxyl groups excluding tert-OH is 1. The lowest BCUT2D eigenvalue weighted by Crippen LogP contribution is -2.30. The minimum atomic E-state index is -4.95. The van der Waals surface area contributed by atoms with Gasteiger partial charge in [-0.05, 0) is 37.5 Å². The van der Waals surface area contributed by atoms with Gasteiger partial charge in [-0.25, -0.2) is 9.13 Å². The Balaban J connectivity index is 5.26. The van der Waals surface area contributed by atoms with Gasteiger partial charge in [0.15, 0.2) is 12.2 Å². The summed E-state index contributed by atoms with van der Waals surface area (Å²) in [5, 5.41) is 10.6. The molecular weight excluding hydrogens is 1210 g/mol. The molecule has 0 aliphatic rings. The van der Waals surface area contributed by atoms with Crippen molar-refractivity contribution in [2.24, 2.45) is 11.8 Å². The van der Waals surface area contributed by atoms with Crippen LogP contribution in [0.25, 0.3) is 0 Å². The second-order valence-corrected chi connectivity index (χ2v) is 30.2. The summed E-state index contributed by atoms with van der Waals surface area (Å²) < 4.78 is 68.4. The van der Waals surface area contributed by atoms with Gasteiger partial charge in [0.05, 0.1) is 26.4 Å². The number of unbranched alkanes of at least 4 members (excludes halogenated alkanes) is 42. The molecule has 0 aromatic carbocycles. The molecule has 0 aromatic rings. The predicted octanol–water partition coefficient (Wildman–Crippen LogP) is 21.2. The van der Waals surface area contributed by atoms with Crippen LogP contribution in [0.15, 0.2) is 0 Å². The van der Waals surface area contributed by atoms with Crippen LogP contribution in [0.3, 0.4) is 0 Å². The molecule has 0 spiro atoms. The summed E-state index contributed by atoms with van der Waals surface area (Å²) >= 11 is 0. The van der Waals surface area contributed by atoms with Crippen molar-refractivity contribution in [1.82, 2.24) is 0 Å². The number of ether oxygens (including phenoxy) is 4. The molecule has 0 fully saturated rings. The molecule has 17 nitrogen and oxygen atoms in total. The fourth-order valence-electron chi connectivity index (χ4n) is 11.1. The summed E-state index contributed by atoms with van der Waals surface area (Å²) in [4.78, 5) is 72.7. The quantitative estimate of drug-likeness (QED) is 0.0222. The first-order chi connectivity index (χ1) is 44.4. The third-order valence-corrected chi connectivity index (χ3v) is 18.9.